The molecule has 2 N–H and O–H groups in total. The molecule has 0 radical (unpaired) electrons. The smallest absolute Gasteiger partial charge is 0.243 e. The predicted octanol–water partition coefficient (Wildman–Crippen LogP) is 2.17. The van der Waals surface area contributed by atoms with E-state index in [0.29, 0.717) is 18.5 Å². The maximum atomic E-state index is 12.9. The molecule has 1 aliphatic rings. The number of piperidine rings is 1. The summed E-state index contributed by atoms with van der Waals surface area (Å²) in [5.74, 6) is -0.0561. The average Bonchev–Trinajstić information content (AvgIpc) is 2.54. The highest BCUT2D eigenvalue weighted by atomic mass is 32.2. The van der Waals surface area contributed by atoms with Crippen molar-refractivity contribution in [3.63, 3.8) is 0 Å². The van der Waals surface area contributed by atoms with Gasteiger partial charge in [0.2, 0.25) is 10.0 Å². The number of hydrogen-bond donors (Lipinski definition) is 1. The SMILES string of the molecule is CCC(=O)c1cccc(S(=O)(=O)N2CCCCC2C(C)N)c1. The van der Waals surface area contributed by atoms with Crippen LogP contribution in [0.25, 0.3) is 0 Å². The molecule has 0 aromatic heterocycles. The summed E-state index contributed by atoms with van der Waals surface area (Å²) >= 11 is 0. The van der Waals surface area contributed by atoms with E-state index in [-0.39, 0.29) is 22.8 Å². The highest BCUT2D eigenvalue weighted by Gasteiger charge is 2.35. The molecule has 1 aliphatic heterocycles. The van der Waals surface area contributed by atoms with Gasteiger partial charge < -0.3 is 5.73 Å². The maximum Gasteiger partial charge on any atom is 0.243 e. The number of rotatable bonds is 5. The molecule has 1 aromatic rings. The van der Waals surface area contributed by atoms with Gasteiger partial charge in [0.05, 0.1) is 4.90 Å². The van der Waals surface area contributed by atoms with Gasteiger partial charge in [-0.05, 0) is 31.9 Å². The molecule has 5 nitrogen and oxygen atoms in total. The first-order chi connectivity index (χ1) is 10.4. The van der Waals surface area contributed by atoms with Crippen molar-refractivity contribution >= 4 is 15.8 Å². The summed E-state index contributed by atoms with van der Waals surface area (Å²) in [6, 6.07) is 5.92. The molecule has 2 rings (SSSR count). The number of nitrogens with two attached hydrogens (primary N) is 1. The van der Waals surface area contributed by atoms with Gasteiger partial charge in [-0.2, -0.15) is 4.31 Å². The van der Waals surface area contributed by atoms with Gasteiger partial charge in [0.1, 0.15) is 0 Å². The monoisotopic (exact) mass is 324 g/mol. The van der Waals surface area contributed by atoms with Crippen LogP contribution in [-0.4, -0.2) is 37.1 Å². The van der Waals surface area contributed by atoms with E-state index in [1.165, 1.54) is 10.4 Å². The zero-order valence-corrected chi connectivity index (χ0v) is 14.0. The number of Topliss-reactive ketones (excluding diaryl/α,β-unsaturated/α-hetero) is 1. The van der Waals surface area contributed by atoms with Crippen LogP contribution in [0.2, 0.25) is 0 Å². The van der Waals surface area contributed by atoms with E-state index < -0.39 is 10.0 Å². The van der Waals surface area contributed by atoms with Crippen LogP contribution in [0.15, 0.2) is 29.2 Å². The first kappa shape index (κ1) is 17.1. The fourth-order valence-electron chi connectivity index (χ4n) is 2.92. The minimum absolute atomic E-state index is 0.0561. The Labute approximate surface area is 132 Å². The number of ketones is 1. The number of hydrogen-bond acceptors (Lipinski definition) is 4. The third-order valence-corrected chi connectivity index (χ3v) is 6.11. The largest absolute Gasteiger partial charge is 0.326 e. The Bertz CT molecular complexity index is 641. The summed E-state index contributed by atoms with van der Waals surface area (Å²) in [6.07, 6.45) is 2.97. The third kappa shape index (κ3) is 3.39. The minimum atomic E-state index is -3.62. The Balaban J connectivity index is 2.39. The average molecular weight is 324 g/mol. The van der Waals surface area contributed by atoms with Crippen LogP contribution >= 0.6 is 0 Å². The Hall–Kier alpha value is -1.24. The quantitative estimate of drug-likeness (QED) is 0.842. The molecule has 2 atom stereocenters. The normalized spacial score (nSPS) is 21.5. The van der Waals surface area contributed by atoms with Crippen molar-refractivity contribution in [2.75, 3.05) is 6.54 Å². The number of benzene rings is 1. The van der Waals surface area contributed by atoms with Crippen molar-refractivity contribution in [3.05, 3.63) is 29.8 Å². The van der Waals surface area contributed by atoms with Gasteiger partial charge in [0.15, 0.2) is 5.78 Å². The lowest BCUT2D eigenvalue weighted by atomic mass is 10.00. The number of carbonyl (C=O) groups excluding carboxylic acids is 1. The molecule has 22 heavy (non-hydrogen) atoms. The summed E-state index contributed by atoms with van der Waals surface area (Å²) in [4.78, 5) is 12.0. The molecule has 1 aromatic carbocycles. The molecule has 0 bridgehead atoms. The molecule has 6 heteroatoms. The summed E-state index contributed by atoms with van der Waals surface area (Å²) in [7, 11) is -3.62. The molecule has 0 spiro atoms. The molecular formula is C16H24N2O3S. The van der Waals surface area contributed by atoms with Crippen molar-refractivity contribution in [1.29, 1.82) is 0 Å². The van der Waals surface area contributed by atoms with Crippen molar-refractivity contribution in [2.24, 2.45) is 5.73 Å². The van der Waals surface area contributed by atoms with E-state index >= 15 is 0 Å². The minimum Gasteiger partial charge on any atom is -0.326 e. The summed E-state index contributed by atoms with van der Waals surface area (Å²) < 4.78 is 27.4. The van der Waals surface area contributed by atoms with Crippen molar-refractivity contribution in [1.82, 2.24) is 4.31 Å². The first-order valence-corrected chi connectivity index (χ1v) is 9.22. The van der Waals surface area contributed by atoms with Crippen molar-refractivity contribution in [3.8, 4) is 0 Å². The standard InChI is InChI=1S/C16H24N2O3S/c1-3-16(19)13-7-6-8-14(11-13)22(20,21)18-10-5-4-9-15(18)12(2)17/h6-8,11-12,15H,3-5,9-10,17H2,1-2H3. The van der Waals surface area contributed by atoms with Gasteiger partial charge in [-0.1, -0.05) is 25.5 Å². The Kier molecular flexibility index (Phi) is 5.36. The lowest BCUT2D eigenvalue weighted by molar-refractivity contribution is 0.0988. The first-order valence-electron chi connectivity index (χ1n) is 7.78. The second-order valence-corrected chi connectivity index (χ2v) is 7.73. The lowest BCUT2D eigenvalue weighted by Gasteiger charge is -2.36. The Morgan fingerprint density at radius 3 is 2.77 bits per heavy atom. The van der Waals surface area contributed by atoms with Crippen LogP contribution < -0.4 is 5.73 Å². The van der Waals surface area contributed by atoms with Gasteiger partial charge >= 0.3 is 0 Å². The van der Waals surface area contributed by atoms with Crippen LogP contribution in [0.3, 0.4) is 0 Å². The zero-order chi connectivity index (χ0) is 16.3. The van der Waals surface area contributed by atoms with E-state index in [1.54, 1.807) is 25.1 Å². The van der Waals surface area contributed by atoms with Gasteiger partial charge in [-0.25, -0.2) is 8.42 Å². The fourth-order valence-corrected chi connectivity index (χ4v) is 4.74. The molecule has 1 fully saturated rings. The molecule has 1 heterocycles. The van der Waals surface area contributed by atoms with Crippen molar-refractivity contribution < 1.29 is 13.2 Å². The van der Waals surface area contributed by atoms with E-state index in [0.717, 1.165) is 19.3 Å². The van der Waals surface area contributed by atoms with Crippen LogP contribution in [0.4, 0.5) is 0 Å². The van der Waals surface area contributed by atoms with E-state index in [2.05, 4.69) is 0 Å². The number of carbonyl (C=O) groups is 1. The van der Waals surface area contributed by atoms with Crippen molar-refractivity contribution in [2.45, 2.75) is 56.5 Å². The van der Waals surface area contributed by atoms with Crippen LogP contribution in [0, 0.1) is 0 Å². The fraction of sp³-hybridized carbons (Fsp3) is 0.562. The molecular weight excluding hydrogens is 300 g/mol. The van der Waals surface area contributed by atoms with Crippen LogP contribution in [0.1, 0.15) is 49.9 Å². The summed E-state index contributed by atoms with van der Waals surface area (Å²) in [6.45, 7) is 4.09. The second-order valence-electron chi connectivity index (χ2n) is 5.84. The van der Waals surface area contributed by atoms with Gasteiger partial charge in [-0.15, -0.1) is 0 Å². The topological polar surface area (TPSA) is 80.5 Å². The summed E-state index contributed by atoms with van der Waals surface area (Å²) in [5.41, 5.74) is 6.41. The van der Waals surface area contributed by atoms with Crippen LogP contribution in [-0.2, 0) is 10.0 Å². The lowest BCUT2D eigenvalue weighted by Crippen LogP contribution is -2.51. The van der Waals surface area contributed by atoms with E-state index in [4.69, 9.17) is 5.73 Å². The zero-order valence-electron chi connectivity index (χ0n) is 13.2. The van der Waals surface area contributed by atoms with Gasteiger partial charge in [0, 0.05) is 30.6 Å². The van der Waals surface area contributed by atoms with E-state index in [9.17, 15) is 13.2 Å². The summed E-state index contributed by atoms with van der Waals surface area (Å²) in [5, 5.41) is 0. The third-order valence-electron chi connectivity index (χ3n) is 4.19. The van der Waals surface area contributed by atoms with E-state index in [1.807, 2.05) is 6.92 Å². The molecule has 0 aliphatic carbocycles. The van der Waals surface area contributed by atoms with Gasteiger partial charge in [-0.3, -0.25) is 4.79 Å². The van der Waals surface area contributed by atoms with Crippen LogP contribution in [0.5, 0.6) is 0 Å². The van der Waals surface area contributed by atoms with Gasteiger partial charge in [0.25, 0.3) is 0 Å². The number of sulfonamides is 1. The molecule has 122 valence electrons. The number of nitrogens with zero attached hydrogens (tertiary/aromatic N) is 1. The Morgan fingerprint density at radius 2 is 2.14 bits per heavy atom. The highest BCUT2D eigenvalue weighted by Crippen LogP contribution is 2.27. The molecule has 1 saturated heterocycles. The molecule has 0 amide bonds. The maximum absolute atomic E-state index is 12.9. The Morgan fingerprint density at radius 1 is 1.41 bits per heavy atom. The molecule has 2 unspecified atom stereocenters. The highest BCUT2D eigenvalue weighted by molar-refractivity contribution is 7.89. The predicted molar refractivity (Wildman–Crippen MR) is 86.2 cm³/mol. The second kappa shape index (κ2) is 6.89. The molecule has 0 saturated carbocycles.